The van der Waals surface area contributed by atoms with E-state index in [2.05, 4.69) is 10.3 Å². The molecule has 2 rings (SSSR count). The second-order valence-electron chi connectivity index (χ2n) is 3.99. The molecule has 6 nitrogen and oxygen atoms in total. The number of rotatable bonds is 2. The third-order valence-corrected chi connectivity index (χ3v) is 2.82. The first kappa shape index (κ1) is 11.8. The van der Waals surface area contributed by atoms with Crippen molar-refractivity contribution in [3.63, 3.8) is 0 Å². The van der Waals surface area contributed by atoms with Gasteiger partial charge in [-0.25, -0.2) is 4.98 Å². The summed E-state index contributed by atoms with van der Waals surface area (Å²) in [5.74, 6) is 0.256. The van der Waals surface area contributed by atoms with Crippen LogP contribution in [-0.4, -0.2) is 58.3 Å². The summed E-state index contributed by atoms with van der Waals surface area (Å²) in [5, 5.41) is 21.7. The highest BCUT2D eigenvalue weighted by molar-refractivity contribution is 5.98. The zero-order valence-corrected chi connectivity index (χ0v) is 9.50. The predicted molar refractivity (Wildman–Crippen MR) is 61.7 cm³/mol. The number of β-amino-alcohol motifs (C(OH)–C–C–N with tert-alkyl or cyclic N) is 2. The smallest absolute Gasteiger partial charge is 0.257 e. The number of aliphatic hydroxyl groups excluding tert-OH is 2. The fourth-order valence-electron chi connectivity index (χ4n) is 1.88. The molecule has 0 spiro atoms. The number of hydrogen-bond acceptors (Lipinski definition) is 5. The molecular formula is C11H15N3O3. The molecule has 0 aromatic carbocycles. The normalized spacial score (nSPS) is 23.8. The molecule has 92 valence electrons. The molecule has 0 saturated carbocycles. The number of anilines is 1. The molecule has 1 aromatic rings. The van der Waals surface area contributed by atoms with Crippen LogP contribution in [0.25, 0.3) is 0 Å². The summed E-state index contributed by atoms with van der Waals surface area (Å²) in [6, 6.07) is 3.34. The van der Waals surface area contributed by atoms with Crippen molar-refractivity contribution in [1.29, 1.82) is 0 Å². The summed E-state index contributed by atoms with van der Waals surface area (Å²) >= 11 is 0. The SMILES string of the molecule is CNc1ncccc1C(=O)N1CC(O)C(O)C1. The van der Waals surface area contributed by atoms with E-state index >= 15 is 0 Å². The molecule has 3 N–H and O–H groups in total. The summed E-state index contributed by atoms with van der Waals surface area (Å²) in [4.78, 5) is 17.6. The van der Waals surface area contributed by atoms with Crippen LogP contribution in [0.3, 0.4) is 0 Å². The largest absolute Gasteiger partial charge is 0.388 e. The van der Waals surface area contributed by atoms with Crippen LogP contribution in [0.1, 0.15) is 10.4 Å². The minimum Gasteiger partial charge on any atom is -0.388 e. The van der Waals surface area contributed by atoms with Crippen LogP contribution in [0.5, 0.6) is 0 Å². The van der Waals surface area contributed by atoms with Gasteiger partial charge >= 0.3 is 0 Å². The lowest BCUT2D eigenvalue weighted by molar-refractivity contribution is 0.0572. The van der Waals surface area contributed by atoms with Crippen LogP contribution in [-0.2, 0) is 0 Å². The van der Waals surface area contributed by atoms with E-state index in [1.807, 2.05) is 0 Å². The number of likely N-dealkylation sites (tertiary alicyclic amines) is 1. The van der Waals surface area contributed by atoms with E-state index in [0.717, 1.165) is 0 Å². The maximum atomic E-state index is 12.1. The average Bonchev–Trinajstić information content (AvgIpc) is 2.68. The van der Waals surface area contributed by atoms with E-state index in [0.29, 0.717) is 11.4 Å². The molecule has 1 aromatic heterocycles. The Morgan fingerprint density at radius 1 is 1.47 bits per heavy atom. The average molecular weight is 237 g/mol. The molecule has 17 heavy (non-hydrogen) atoms. The fourth-order valence-corrected chi connectivity index (χ4v) is 1.88. The highest BCUT2D eigenvalue weighted by Crippen LogP contribution is 2.18. The molecule has 1 fully saturated rings. The third-order valence-electron chi connectivity index (χ3n) is 2.82. The van der Waals surface area contributed by atoms with E-state index < -0.39 is 12.2 Å². The number of nitrogens with one attached hydrogen (secondary N) is 1. The Balaban J connectivity index is 2.20. The first-order valence-electron chi connectivity index (χ1n) is 5.41. The number of aliphatic hydroxyl groups is 2. The van der Waals surface area contributed by atoms with Crippen LogP contribution in [0.2, 0.25) is 0 Å². The number of carbonyl (C=O) groups excluding carboxylic acids is 1. The molecule has 0 bridgehead atoms. The second kappa shape index (κ2) is 4.68. The molecule has 2 heterocycles. The number of hydrogen-bond donors (Lipinski definition) is 3. The molecule has 6 heteroatoms. The first-order chi connectivity index (χ1) is 8.13. The van der Waals surface area contributed by atoms with Crippen molar-refractivity contribution < 1.29 is 15.0 Å². The van der Waals surface area contributed by atoms with E-state index in [1.54, 1.807) is 25.4 Å². The molecule has 2 atom stereocenters. The van der Waals surface area contributed by atoms with Gasteiger partial charge in [-0.15, -0.1) is 0 Å². The number of carbonyl (C=O) groups is 1. The van der Waals surface area contributed by atoms with Crippen molar-refractivity contribution in [3.8, 4) is 0 Å². The Labute approximate surface area is 98.9 Å². The van der Waals surface area contributed by atoms with Crippen LogP contribution in [0, 0.1) is 0 Å². The molecule has 0 aliphatic carbocycles. The summed E-state index contributed by atoms with van der Waals surface area (Å²) < 4.78 is 0. The topological polar surface area (TPSA) is 85.7 Å². The molecular weight excluding hydrogens is 222 g/mol. The van der Waals surface area contributed by atoms with E-state index in [9.17, 15) is 15.0 Å². The van der Waals surface area contributed by atoms with Crippen molar-refractivity contribution >= 4 is 11.7 Å². The van der Waals surface area contributed by atoms with Gasteiger partial charge in [0.2, 0.25) is 0 Å². The quantitative estimate of drug-likeness (QED) is 0.633. The lowest BCUT2D eigenvalue weighted by Gasteiger charge is -2.16. The van der Waals surface area contributed by atoms with Crippen molar-refractivity contribution in [2.45, 2.75) is 12.2 Å². The maximum absolute atomic E-state index is 12.1. The molecule has 1 aliphatic rings. The Morgan fingerprint density at radius 2 is 2.12 bits per heavy atom. The number of nitrogens with zero attached hydrogens (tertiary/aromatic N) is 2. The first-order valence-corrected chi connectivity index (χ1v) is 5.41. The zero-order valence-electron chi connectivity index (χ0n) is 9.50. The van der Waals surface area contributed by atoms with E-state index in [1.165, 1.54) is 4.90 Å². The summed E-state index contributed by atoms with van der Waals surface area (Å²) in [6.45, 7) is 0.302. The van der Waals surface area contributed by atoms with Gasteiger partial charge in [0.15, 0.2) is 0 Å². The minimum atomic E-state index is -0.867. The number of amides is 1. The maximum Gasteiger partial charge on any atom is 0.257 e. The Kier molecular flexibility index (Phi) is 3.26. The highest BCUT2D eigenvalue weighted by atomic mass is 16.3. The van der Waals surface area contributed by atoms with Gasteiger partial charge in [0, 0.05) is 26.3 Å². The van der Waals surface area contributed by atoms with E-state index in [-0.39, 0.29) is 19.0 Å². The van der Waals surface area contributed by atoms with Gasteiger partial charge < -0.3 is 20.4 Å². The monoisotopic (exact) mass is 237 g/mol. The van der Waals surface area contributed by atoms with Gasteiger partial charge in [-0.2, -0.15) is 0 Å². The fraction of sp³-hybridized carbons (Fsp3) is 0.455. The summed E-state index contributed by atoms with van der Waals surface area (Å²) in [7, 11) is 1.69. The van der Waals surface area contributed by atoms with Gasteiger partial charge in [0.1, 0.15) is 5.82 Å². The van der Waals surface area contributed by atoms with Crippen molar-refractivity contribution in [2.24, 2.45) is 0 Å². The summed E-state index contributed by atoms with van der Waals surface area (Å²) in [6.07, 6.45) is -0.140. The minimum absolute atomic E-state index is 0.151. The van der Waals surface area contributed by atoms with Gasteiger partial charge in [-0.3, -0.25) is 4.79 Å². The summed E-state index contributed by atoms with van der Waals surface area (Å²) in [5.41, 5.74) is 0.441. The lowest BCUT2D eigenvalue weighted by atomic mass is 10.2. The molecule has 1 saturated heterocycles. The molecule has 0 radical (unpaired) electrons. The lowest BCUT2D eigenvalue weighted by Crippen LogP contribution is -2.30. The van der Waals surface area contributed by atoms with Crippen molar-refractivity contribution in [3.05, 3.63) is 23.9 Å². The number of pyridine rings is 1. The standard InChI is InChI=1S/C11H15N3O3/c1-12-10-7(3-2-4-13-10)11(17)14-5-8(15)9(16)6-14/h2-4,8-9,15-16H,5-6H2,1H3,(H,12,13). The van der Waals surface area contributed by atoms with Crippen LogP contribution in [0.4, 0.5) is 5.82 Å². The van der Waals surface area contributed by atoms with Crippen LogP contribution >= 0.6 is 0 Å². The zero-order chi connectivity index (χ0) is 12.4. The van der Waals surface area contributed by atoms with Crippen molar-refractivity contribution in [1.82, 2.24) is 9.88 Å². The van der Waals surface area contributed by atoms with Gasteiger partial charge in [-0.1, -0.05) is 0 Å². The third kappa shape index (κ3) is 2.22. The Bertz CT molecular complexity index is 414. The number of aromatic nitrogens is 1. The Morgan fingerprint density at radius 3 is 2.71 bits per heavy atom. The van der Waals surface area contributed by atoms with Gasteiger partial charge in [0.25, 0.3) is 5.91 Å². The molecule has 1 aliphatic heterocycles. The predicted octanol–water partition coefficient (Wildman–Crippen LogP) is -0.699. The molecule has 1 amide bonds. The van der Waals surface area contributed by atoms with Crippen LogP contribution in [0.15, 0.2) is 18.3 Å². The Hall–Kier alpha value is -1.66. The van der Waals surface area contributed by atoms with Gasteiger partial charge in [0.05, 0.1) is 17.8 Å². The molecule has 2 unspecified atom stereocenters. The van der Waals surface area contributed by atoms with E-state index in [4.69, 9.17) is 0 Å². The van der Waals surface area contributed by atoms with Gasteiger partial charge in [-0.05, 0) is 12.1 Å². The van der Waals surface area contributed by atoms with Crippen LogP contribution < -0.4 is 5.32 Å². The highest BCUT2D eigenvalue weighted by Gasteiger charge is 2.33. The van der Waals surface area contributed by atoms with Crippen molar-refractivity contribution in [2.75, 3.05) is 25.5 Å². The second-order valence-corrected chi connectivity index (χ2v) is 3.99.